The number of nitrogens with zero attached hydrogens (tertiary/aromatic N) is 2. The van der Waals surface area contributed by atoms with Crippen LogP contribution in [0.1, 0.15) is 24.1 Å². The Balaban J connectivity index is 1.22. The maximum Gasteiger partial charge on any atom is 0.225 e. The van der Waals surface area contributed by atoms with Gasteiger partial charge in [0.25, 0.3) is 0 Å². The number of pyridine rings is 1. The predicted molar refractivity (Wildman–Crippen MR) is 108 cm³/mol. The van der Waals surface area contributed by atoms with Gasteiger partial charge in [-0.2, -0.15) is 0 Å². The number of hydrogen-bond donors (Lipinski definition) is 2. The quantitative estimate of drug-likeness (QED) is 0.604. The summed E-state index contributed by atoms with van der Waals surface area (Å²) >= 11 is 0. The van der Waals surface area contributed by atoms with E-state index in [0.29, 0.717) is 19.5 Å². The number of aryl methyl sites for hydroxylation is 1. The number of aliphatic hydroxyl groups is 1. The van der Waals surface area contributed by atoms with Crippen LogP contribution in [0.2, 0.25) is 0 Å². The van der Waals surface area contributed by atoms with Crippen LogP contribution in [0.3, 0.4) is 0 Å². The van der Waals surface area contributed by atoms with Gasteiger partial charge in [-0.1, -0.05) is 6.07 Å². The molecule has 0 radical (unpaired) electrons. The zero-order valence-corrected chi connectivity index (χ0v) is 17.9. The molecule has 10 heteroatoms. The third-order valence-electron chi connectivity index (χ3n) is 6.13. The molecule has 2 N–H and O–H groups in total. The molecule has 3 aliphatic rings. The van der Waals surface area contributed by atoms with E-state index < -0.39 is 22.0 Å². The van der Waals surface area contributed by atoms with Crippen molar-refractivity contribution in [2.45, 2.75) is 56.8 Å². The highest BCUT2D eigenvalue weighted by Gasteiger charge is 2.50. The molecule has 0 saturated carbocycles. The van der Waals surface area contributed by atoms with E-state index >= 15 is 0 Å². The Kier molecular flexibility index (Phi) is 6.40. The van der Waals surface area contributed by atoms with E-state index in [0.717, 1.165) is 11.3 Å². The van der Waals surface area contributed by atoms with Crippen molar-refractivity contribution in [3.63, 3.8) is 0 Å². The first-order valence-electron chi connectivity index (χ1n) is 10.4. The number of carbonyl (C=O) groups excluding carboxylic acids is 1. The molecule has 5 atom stereocenters. The van der Waals surface area contributed by atoms with Gasteiger partial charge in [0.1, 0.15) is 12.2 Å². The Morgan fingerprint density at radius 1 is 1.33 bits per heavy atom. The molecule has 0 aliphatic carbocycles. The van der Waals surface area contributed by atoms with Crippen LogP contribution < -0.4 is 5.32 Å². The van der Waals surface area contributed by atoms with Gasteiger partial charge in [0.05, 0.1) is 41.9 Å². The van der Waals surface area contributed by atoms with Crippen LogP contribution in [0.4, 0.5) is 0 Å². The molecule has 4 heterocycles. The summed E-state index contributed by atoms with van der Waals surface area (Å²) in [6.45, 7) is 3.57. The molecule has 0 spiro atoms. The average molecular weight is 440 g/mol. The maximum absolute atomic E-state index is 12.5. The van der Waals surface area contributed by atoms with Crippen molar-refractivity contribution in [2.24, 2.45) is 0 Å². The second kappa shape index (κ2) is 8.88. The van der Waals surface area contributed by atoms with Crippen molar-refractivity contribution in [1.29, 1.82) is 0 Å². The minimum Gasteiger partial charge on any atom is -0.388 e. The summed E-state index contributed by atoms with van der Waals surface area (Å²) in [6.07, 6.45) is 0.385. The summed E-state index contributed by atoms with van der Waals surface area (Å²) < 4.78 is 35.0. The number of amides is 1. The molecule has 3 saturated heterocycles. The van der Waals surface area contributed by atoms with Crippen LogP contribution in [0.25, 0.3) is 0 Å². The molecule has 0 aromatic carbocycles. The average Bonchev–Trinajstić information content (AvgIpc) is 3.22. The van der Waals surface area contributed by atoms with E-state index in [1.54, 1.807) is 11.1 Å². The summed E-state index contributed by atoms with van der Waals surface area (Å²) in [5.74, 6) is -0.0676. The fourth-order valence-corrected chi connectivity index (χ4v) is 5.53. The lowest BCUT2D eigenvalue weighted by Gasteiger charge is -2.28. The van der Waals surface area contributed by atoms with Gasteiger partial charge in [0.15, 0.2) is 9.84 Å². The molecule has 4 rings (SSSR count). The molecule has 9 nitrogen and oxygen atoms in total. The summed E-state index contributed by atoms with van der Waals surface area (Å²) in [5, 5.41) is 13.9. The van der Waals surface area contributed by atoms with Gasteiger partial charge in [-0.3, -0.25) is 9.78 Å². The number of nitrogens with one attached hydrogen (secondary N) is 1. The maximum atomic E-state index is 12.5. The number of hydrogen-bond acceptors (Lipinski definition) is 8. The predicted octanol–water partition coefficient (Wildman–Crippen LogP) is -0.587. The van der Waals surface area contributed by atoms with E-state index in [9.17, 15) is 18.3 Å². The highest BCUT2D eigenvalue weighted by atomic mass is 32.2. The first kappa shape index (κ1) is 21.6. The van der Waals surface area contributed by atoms with Crippen LogP contribution in [0.15, 0.2) is 18.3 Å². The van der Waals surface area contributed by atoms with Gasteiger partial charge in [-0.25, -0.2) is 8.42 Å². The normalized spacial score (nSPS) is 32.9. The van der Waals surface area contributed by atoms with Gasteiger partial charge < -0.3 is 24.8 Å². The number of sulfone groups is 1. The zero-order valence-electron chi connectivity index (χ0n) is 17.1. The third-order valence-corrected chi connectivity index (χ3v) is 7.74. The number of carbonyl (C=O) groups is 1. The Morgan fingerprint density at radius 2 is 2.10 bits per heavy atom. The fourth-order valence-electron chi connectivity index (χ4n) is 4.33. The highest BCUT2D eigenvalue weighted by molar-refractivity contribution is 7.91. The van der Waals surface area contributed by atoms with E-state index in [-0.39, 0.29) is 55.2 Å². The molecular formula is C20H29N3O6S. The third kappa shape index (κ3) is 4.83. The summed E-state index contributed by atoms with van der Waals surface area (Å²) in [7, 11) is -3.02. The number of aliphatic hydroxyl groups excluding tert-OH is 1. The van der Waals surface area contributed by atoms with Gasteiger partial charge in [-0.15, -0.1) is 0 Å². The summed E-state index contributed by atoms with van der Waals surface area (Å²) in [6, 6.07) is 3.91. The molecule has 30 heavy (non-hydrogen) atoms. The van der Waals surface area contributed by atoms with Gasteiger partial charge in [0, 0.05) is 38.8 Å². The van der Waals surface area contributed by atoms with Crippen LogP contribution in [0.5, 0.6) is 0 Å². The number of aromatic nitrogens is 1. The minimum absolute atomic E-state index is 0.0179. The molecule has 0 bridgehead atoms. The van der Waals surface area contributed by atoms with E-state index in [2.05, 4.69) is 10.3 Å². The lowest BCUT2D eigenvalue weighted by molar-refractivity contribution is -0.134. The lowest BCUT2D eigenvalue weighted by atomic mass is 10.1. The van der Waals surface area contributed by atoms with Crippen molar-refractivity contribution >= 4 is 15.7 Å². The van der Waals surface area contributed by atoms with Crippen LogP contribution in [-0.2, 0) is 30.7 Å². The van der Waals surface area contributed by atoms with Gasteiger partial charge >= 0.3 is 0 Å². The highest BCUT2D eigenvalue weighted by Crippen LogP contribution is 2.35. The number of ether oxygens (including phenoxy) is 2. The topological polar surface area (TPSA) is 118 Å². The molecule has 166 valence electrons. The van der Waals surface area contributed by atoms with E-state index in [4.69, 9.17) is 9.47 Å². The van der Waals surface area contributed by atoms with Crippen molar-refractivity contribution in [1.82, 2.24) is 15.2 Å². The lowest BCUT2D eigenvalue weighted by Crippen LogP contribution is -2.45. The number of rotatable bonds is 6. The second-order valence-corrected chi connectivity index (χ2v) is 10.6. The van der Waals surface area contributed by atoms with Crippen LogP contribution >= 0.6 is 0 Å². The second-order valence-electron chi connectivity index (χ2n) is 8.30. The molecule has 1 amide bonds. The van der Waals surface area contributed by atoms with Gasteiger partial charge in [-0.05, 0) is 18.6 Å². The fraction of sp³-hybridized carbons (Fsp3) is 0.700. The van der Waals surface area contributed by atoms with Gasteiger partial charge in [0.2, 0.25) is 5.91 Å². The molecule has 3 fully saturated rings. The first-order valence-corrected chi connectivity index (χ1v) is 12.2. The zero-order chi connectivity index (χ0) is 21.3. The van der Waals surface area contributed by atoms with Crippen molar-refractivity contribution < 1.29 is 27.8 Å². The molecule has 3 aliphatic heterocycles. The minimum atomic E-state index is -3.02. The van der Waals surface area contributed by atoms with E-state index in [1.807, 2.05) is 19.1 Å². The standard InChI is InChI=1S/C20H29N3O6S/c1-13-3-2-4-22-15(13)11-21-12-17-19(25)20-16(29-17)9-14(28-20)10-18(24)23-5-7-30(26,27)8-6-23/h2-4,14,16-17,19-21,25H,5-12H2,1H3/t14-,16+,17+,19+,20-/m0/s1. The molecule has 1 aromatic heterocycles. The largest absolute Gasteiger partial charge is 0.388 e. The van der Waals surface area contributed by atoms with Crippen molar-refractivity contribution in [2.75, 3.05) is 31.1 Å². The van der Waals surface area contributed by atoms with Crippen molar-refractivity contribution in [3.05, 3.63) is 29.6 Å². The first-order chi connectivity index (χ1) is 14.3. The SMILES string of the molecule is Cc1cccnc1CNC[C@H]1O[C@@H]2C[C@@H](CC(=O)N3CCS(=O)(=O)CC3)O[C@@H]2[C@@H]1O. The Hall–Kier alpha value is -1.59. The van der Waals surface area contributed by atoms with Crippen LogP contribution in [0, 0.1) is 6.92 Å². The molecule has 0 unspecified atom stereocenters. The Bertz CT molecular complexity index is 865. The van der Waals surface area contributed by atoms with Crippen molar-refractivity contribution in [3.8, 4) is 0 Å². The number of fused-ring (bicyclic) bond motifs is 1. The molecular weight excluding hydrogens is 410 g/mol. The van der Waals surface area contributed by atoms with Crippen LogP contribution in [-0.4, -0.2) is 91.0 Å². The Morgan fingerprint density at radius 3 is 2.80 bits per heavy atom. The smallest absolute Gasteiger partial charge is 0.225 e. The monoisotopic (exact) mass is 439 g/mol. The Labute approximate surface area is 176 Å². The molecule has 1 aromatic rings. The summed E-state index contributed by atoms with van der Waals surface area (Å²) in [4.78, 5) is 18.4. The summed E-state index contributed by atoms with van der Waals surface area (Å²) in [5.41, 5.74) is 2.07. The van der Waals surface area contributed by atoms with E-state index in [1.165, 1.54) is 0 Å².